The lowest BCUT2D eigenvalue weighted by Crippen LogP contribution is -2.48. The Kier molecular flexibility index (Phi) is 4.86. The smallest absolute Gasteiger partial charge is 0.257 e. The first-order valence-electron chi connectivity index (χ1n) is 10.6. The number of nitrogens with one attached hydrogen (secondary N) is 1. The number of amides is 1. The largest absolute Gasteiger partial charge is 0.296 e. The van der Waals surface area contributed by atoms with E-state index in [1.54, 1.807) is 35.6 Å². The van der Waals surface area contributed by atoms with Crippen LogP contribution in [0.2, 0.25) is 0 Å². The summed E-state index contributed by atoms with van der Waals surface area (Å²) in [7, 11) is -1.05. The fraction of sp³-hybridized carbons (Fsp3) is 0.591. The molecule has 0 saturated heterocycles. The van der Waals surface area contributed by atoms with Crippen molar-refractivity contribution in [3.63, 3.8) is 0 Å². The molecular weight excluding hydrogens is 402 g/mol. The van der Waals surface area contributed by atoms with Crippen molar-refractivity contribution in [3.8, 4) is 0 Å². The molecule has 7 heteroatoms. The van der Waals surface area contributed by atoms with Gasteiger partial charge in [-0.1, -0.05) is 25.2 Å². The SMILES string of the molecule is CC(C)S(=O)c1ccc(C(=O)Nc2nnc(C34CC5CC(CC(C5)C3)C4)s2)cc1. The van der Waals surface area contributed by atoms with Gasteiger partial charge >= 0.3 is 0 Å². The van der Waals surface area contributed by atoms with E-state index in [9.17, 15) is 9.00 Å². The van der Waals surface area contributed by atoms with Gasteiger partial charge in [-0.25, -0.2) is 0 Å². The molecule has 6 rings (SSSR count). The first-order chi connectivity index (χ1) is 13.9. The second kappa shape index (κ2) is 7.27. The van der Waals surface area contributed by atoms with Crippen LogP contribution in [0, 0.1) is 17.8 Å². The number of anilines is 1. The molecule has 0 spiro atoms. The third-order valence-electron chi connectivity index (χ3n) is 6.91. The van der Waals surface area contributed by atoms with Gasteiger partial charge in [-0.3, -0.25) is 14.3 Å². The van der Waals surface area contributed by atoms with Gasteiger partial charge in [0, 0.05) is 21.1 Å². The Morgan fingerprint density at radius 1 is 1.07 bits per heavy atom. The Morgan fingerprint density at radius 3 is 2.21 bits per heavy atom. The molecule has 154 valence electrons. The number of rotatable bonds is 5. The molecule has 29 heavy (non-hydrogen) atoms. The lowest BCUT2D eigenvalue weighted by Gasteiger charge is -2.55. The number of carbonyl (C=O) groups is 1. The molecule has 1 aromatic carbocycles. The number of hydrogen-bond donors (Lipinski definition) is 1. The van der Waals surface area contributed by atoms with Gasteiger partial charge in [-0.05, 0) is 80.5 Å². The van der Waals surface area contributed by atoms with E-state index >= 15 is 0 Å². The Bertz CT molecular complexity index is 916. The van der Waals surface area contributed by atoms with Crippen LogP contribution in [0.15, 0.2) is 29.2 Å². The van der Waals surface area contributed by atoms with Crippen molar-refractivity contribution in [2.24, 2.45) is 17.8 Å². The van der Waals surface area contributed by atoms with Crippen molar-refractivity contribution >= 4 is 33.2 Å². The highest BCUT2D eigenvalue weighted by Crippen LogP contribution is 2.61. The van der Waals surface area contributed by atoms with Crippen LogP contribution in [0.25, 0.3) is 0 Å². The minimum Gasteiger partial charge on any atom is -0.296 e. The van der Waals surface area contributed by atoms with Crippen LogP contribution >= 0.6 is 11.3 Å². The first kappa shape index (κ1) is 19.4. The normalized spacial score (nSPS) is 31.2. The van der Waals surface area contributed by atoms with E-state index in [1.165, 1.54) is 38.5 Å². The molecule has 1 atom stereocenters. The fourth-order valence-corrected chi connectivity index (χ4v) is 7.95. The second-order valence-corrected chi connectivity index (χ2v) is 12.4. The summed E-state index contributed by atoms with van der Waals surface area (Å²) < 4.78 is 12.2. The second-order valence-electron chi connectivity index (χ2n) is 9.43. The Labute approximate surface area is 178 Å². The molecule has 1 aromatic heterocycles. The zero-order chi connectivity index (χ0) is 20.2. The van der Waals surface area contributed by atoms with Gasteiger partial charge in [0.15, 0.2) is 0 Å². The Morgan fingerprint density at radius 2 is 1.66 bits per heavy atom. The van der Waals surface area contributed by atoms with E-state index in [-0.39, 0.29) is 16.6 Å². The molecule has 4 fully saturated rings. The van der Waals surface area contributed by atoms with Crippen molar-refractivity contribution in [1.82, 2.24) is 10.2 Å². The molecule has 1 amide bonds. The monoisotopic (exact) mass is 429 g/mol. The summed E-state index contributed by atoms with van der Waals surface area (Å²) in [5, 5.41) is 13.5. The van der Waals surface area contributed by atoms with Crippen molar-refractivity contribution in [2.75, 3.05) is 5.32 Å². The first-order valence-corrected chi connectivity index (χ1v) is 12.6. The minimum atomic E-state index is -1.05. The summed E-state index contributed by atoms with van der Waals surface area (Å²) in [6, 6.07) is 7.00. The van der Waals surface area contributed by atoms with E-state index in [0.29, 0.717) is 10.7 Å². The molecule has 0 aliphatic heterocycles. The molecule has 5 nitrogen and oxygen atoms in total. The molecule has 2 aromatic rings. The quantitative estimate of drug-likeness (QED) is 0.743. The zero-order valence-corrected chi connectivity index (χ0v) is 18.5. The van der Waals surface area contributed by atoms with Crippen LogP contribution in [-0.2, 0) is 16.2 Å². The maximum absolute atomic E-state index is 12.6. The van der Waals surface area contributed by atoms with Gasteiger partial charge in [0.25, 0.3) is 5.91 Å². The summed E-state index contributed by atoms with van der Waals surface area (Å²) in [4.78, 5) is 13.4. The molecule has 4 saturated carbocycles. The number of carbonyl (C=O) groups excluding carboxylic acids is 1. The van der Waals surface area contributed by atoms with Crippen LogP contribution in [-0.4, -0.2) is 25.6 Å². The van der Waals surface area contributed by atoms with Crippen LogP contribution in [0.5, 0.6) is 0 Å². The van der Waals surface area contributed by atoms with Crippen molar-refractivity contribution in [1.29, 1.82) is 0 Å². The number of nitrogens with zero attached hydrogens (tertiary/aromatic N) is 2. The fourth-order valence-electron chi connectivity index (χ4n) is 6.04. The summed E-state index contributed by atoms with van der Waals surface area (Å²) in [6.45, 7) is 3.85. The van der Waals surface area contributed by atoms with E-state index in [1.807, 2.05) is 13.8 Å². The molecule has 0 radical (unpaired) electrons. The number of hydrogen-bond acceptors (Lipinski definition) is 5. The standard InChI is InChI=1S/C22H27N3O2S2/c1-13(2)29(27)18-5-3-17(4-6-18)19(26)23-21-25-24-20(28-21)22-10-14-7-15(11-22)9-16(8-14)12-22/h3-6,13-16H,7-12H2,1-2H3,(H,23,25,26). The highest BCUT2D eigenvalue weighted by molar-refractivity contribution is 7.85. The third kappa shape index (κ3) is 3.56. The average Bonchev–Trinajstić information content (AvgIpc) is 3.16. The Hall–Kier alpha value is -1.60. The van der Waals surface area contributed by atoms with Crippen molar-refractivity contribution in [2.45, 2.75) is 67.9 Å². The van der Waals surface area contributed by atoms with Gasteiger partial charge in [0.1, 0.15) is 5.01 Å². The average molecular weight is 430 g/mol. The van der Waals surface area contributed by atoms with Gasteiger partial charge < -0.3 is 0 Å². The Balaban J connectivity index is 1.29. The molecular formula is C22H27N3O2S2. The van der Waals surface area contributed by atoms with E-state index < -0.39 is 10.8 Å². The van der Waals surface area contributed by atoms with Gasteiger partial charge in [-0.2, -0.15) is 0 Å². The minimum absolute atomic E-state index is 0.0547. The molecule has 1 unspecified atom stereocenters. The van der Waals surface area contributed by atoms with Crippen LogP contribution in [0.4, 0.5) is 5.13 Å². The van der Waals surface area contributed by atoms with E-state index in [2.05, 4.69) is 15.5 Å². The van der Waals surface area contributed by atoms with Gasteiger partial charge in [0.2, 0.25) is 5.13 Å². The van der Waals surface area contributed by atoms with Gasteiger partial charge in [0.05, 0.1) is 10.8 Å². The lowest BCUT2D eigenvalue weighted by atomic mass is 9.50. The predicted octanol–water partition coefficient (Wildman–Crippen LogP) is 4.77. The molecule has 4 bridgehead atoms. The summed E-state index contributed by atoms with van der Waals surface area (Å²) in [5.41, 5.74) is 0.749. The predicted molar refractivity (Wildman–Crippen MR) is 116 cm³/mol. The zero-order valence-electron chi connectivity index (χ0n) is 16.9. The molecule has 4 aliphatic rings. The van der Waals surface area contributed by atoms with Crippen molar-refractivity contribution in [3.05, 3.63) is 34.8 Å². The van der Waals surface area contributed by atoms with Crippen LogP contribution < -0.4 is 5.32 Å². The highest BCUT2D eigenvalue weighted by Gasteiger charge is 2.53. The maximum Gasteiger partial charge on any atom is 0.257 e. The summed E-state index contributed by atoms with van der Waals surface area (Å²) in [5.74, 6) is 2.38. The number of aromatic nitrogens is 2. The highest BCUT2D eigenvalue weighted by atomic mass is 32.2. The summed E-state index contributed by atoms with van der Waals surface area (Å²) >= 11 is 1.55. The van der Waals surface area contributed by atoms with E-state index in [4.69, 9.17) is 0 Å². The third-order valence-corrected chi connectivity index (χ3v) is 9.59. The number of benzene rings is 1. The van der Waals surface area contributed by atoms with Crippen LogP contribution in [0.3, 0.4) is 0 Å². The molecule has 4 aliphatic carbocycles. The lowest BCUT2D eigenvalue weighted by molar-refractivity contribution is -0.00555. The van der Waals surface area contributed by atoms with Gasteiger partial charge in [-0.15, -0.1) is 10.2 Å². The van der Waals surface area contributed by atoms with E-state index in [0.717, 1.165) is 27.7 Å². The van der Waals surface area contributed by atoms with Crippen LogP contribution in [0.1, 0.15) is 67.7 Å². The maximum atomic E-state index is 12.6. The molecule has 1 N–H and O–H groups in total. The molecule has 1 heterocycles. The van der Waals surface area contributed by atoms with Crippen molar-refractivity contribution < 1.29 is 9.00 Å². The topological polar surface area (TPSA) is 72.0 Å². The summed E-state index contributed by atoms with van der Waals surface area (Å²) in [6.07, 6.45) is 7.94.